The van der Waals surface area contributed by atoms with Crippen LogP contribution in [0.1, 0.15) is 124 Å². The molecule has 9 aromatic carbocycles. The van der Waals surface area contributed by atoms with Crippen molar-refractivity contribution in [1.82, 2.24) is 0 Å². The van der Waals surface area contributed by atoms with E-state index < -0.39 is 0 Å². The van der Waals surface area contributed by atoms with Gasteiger partial charge in [0.15, 0.2) is 11.2 Å². The van der Waals surface area contributed by atoms with E-state index in [4.69, 9.17) is 8.83 Å². The highest BCUT2D eigenvalue weighted by atomic mass is 16.4. The van der Waals surface area contributed by atoms with Gasteiger partial charge in [-0.15, -0.1) is 0 Å². The predicted octanol–water partition coefficient (Wildman–Crippen LogP) is 20.5. The Balaban J connectivity index is 1.04. The molecule has 350 valence electrons. The van der Waals surface area contributed by atoms with Crippen molar-refractivity contribution < 1.29 is 8.83 Å². The first-order valence-electron chi connectivity index (χ1n) is 25.3. The fourth-order valence-electron chi connectivity index (χ4n) is 11.1. The highest BCUT2D eigenvalue weighted by Gasteiger charge is 2.25. The number of aryl methyl sites for hydroxylation is 4. The lowest BCUT2D eigenvalue weighted by Gasteiger charge is -2.32. The number of hydrogen-bond acceptors (Lipinski definition) is 4. The SMILES string of the molecule is Cc1cccc(C)c1N(c1ccc2cc3c(cc2c1)oc1c3ccc2c3cc4ccc(N(c5ccc(C(C)C)cc5C(C)C)c5c(C)cccc5C)cc4cc3oc21)c1ccc(C(C)C)cc1C(C)C. The summed E-state index contributed by atoms with van der Waals surface area (Å²) >= 11 is 0. The highest BCUT2D eigenvalue weighted by Crippen LogP contribution is 2.48. The smallest absolute Gasteiger partial charge is 0.178 e. The van der Waals surface area contributed by atoms with Crippen molar-refractivity contribution in [2.24, 2.45) is 0 Å². The van der Waals surface area contributed by atoms with Gasteiger partial charge in [-0.05, 0) is 190 Å². The van der Waals surface area contributed by atoms with Gasteiger partial charge in [0, 0.05) is 44.3 Å². The molecule has 0 spiro atoms. The van der Waals surface area contributed by atoms with Gasteiger partial charge in [0.25, 0.3) is 0 Å². The maximum atomic E-state index is 6.91. The molecule has 4 heteroatoms. The molecule has 0 aliphatic carbocycles. The number of nitrogens with zero attached hydrogens (tertiary/aromatic N) is 2. The molecule has 0 bridgehead atoms. The Morgan fingerprint density at radius 3 is 1.09 bits per heavy atom. The van der Waals surface area contributed by atoms with Gasteiger partial charge in [0.2, 0.25) is 0 Å². The second-order valence-electron chi connectivity index (χ2n) is 21.2. The van der Waals surface area contributed by atoms with Crippen LogP contribution in [-0.2, 0) is 0 Å². The average Bonchev–Trinajstić information content (AvgIpc) is 3.89. The zero-order chi connectivity index (χ0) is 48.9. The second kappa shape index (κ2) is 17.3. The molecule has 70 heavy (non-hydrogen) atoms. The van der Waals surface area contributed by atoms with Gasteiger partial charge in [-0.25, -0.2) is 0 Å². The lowest BCUT2D eigenvalue weighted by Crippen LogP contribution is -2.15. The van der Waals surface area contributed by atoms with Crippen LogP contribution in [0.15, 0.2) is 154 Å². The summed E-state index contributed by atoms with van der Waals surface area (Å²) in [6.07, 6.45) is 0. The molecule has 0 fully saturated rings. The molecular formula is C66H64N2O2. The van der Waals surface area contributed by atoms with Crippen LogP contribution in [0.4, 0.5) is 34.1 Å². The Labute approximate surface area is 413 Å². The van der Waals surface area contributed by atoms with Gasteiger partial charge >= 0.3 is 0 Å². The van der Waals surface area contributed by atoms with Crippen LogP contribution in [0.2, 0.25) is 0 Å². The number of hydrogen-bond donors (Lipinski definition) is 0. The second-order valence-corrected chi connectivity index (χ2v) is 21.2. The van der Waals surface area contributed by atoms with Gasteiger partial charge < -0.3 is 18.6 Å². The summed E-state index contributed by atoms with van der Waals surface area (Å²) in [5, 5.41) is 8.85. The van der Waals surface area contributed by atoms with Crippen molar-refractivity contribution in [2.75, 3.05) is 9.80 Å². The summed E-state index contributed by atoms with van der Waals surface area (Å²) in [6.45, 7) is 27.2. The fraction of sp³-hybridized carbons (Fsp3) is 0.242. The molecule has 2 aromatic heterocycles. The molecule has 0 saturated heterocycles. The number of para-hydroxylation sites is 2. The molecule has 0 aliphatic rings. The summed E-state index contributed by atoms with van der Waals surface area (Å²) < 4.78 is 13.8. The van der Waals surface area contributed by atoms with E-state index >= 15 is 0 Å². The Morgan fingerprint density at radius 2 is 0.729 bits per heavy atom. The maximum Gasteiger partial charge on any atom is 0.178 e. The third-order valence-electron chi connectivity index (χ3n) is 15.0. The molecule has 0 radical (unpaired) electrons. The third-order valence-corrected chi connectivity index (χ3v) is 15.0. The van der Waals surface area contributed by atoms with E-state index in [1.165, 1.54) is 67.3 Å². The first-order valence-corrected chi connectivity index (χ1v) is 25.3. The van der Waals surface area contributed by atoms with E-state index in [9.17, 15) is 0 Å². The Kier molecular flexibility index (Phi) is 11.1. The molecule has 0 atom stereocenters. The lowest BCUT2D eigenvalue weighted by atomic mass is 9.92. The van der Waals surface area contributed by atoms with Crippen LogP contribution in [0.25, 0.3) is 65.4 Å². The monoisotopic (exact) mass is 916 g/mol. The van der Waals surface area contributed by atoms with Crippen LogP contribution >= 0.6 is 0 Å². The Hall–Kier alpha value is -7.30. The van der Waals surface area contributed by atoms with Gasteiger partial charge in [-0.2, -0.15) is 0 Å². The minimum Gasteiger partial charge on any atom is -0.452 e. The normalized spacial score (nSPS) is 12.2. The zero-order valence-electron chi connectivity index (χ0n) is 42.9. The van der Waals surface area contributed by atoms with Crippen molar-refractivity contribution in [3.8, 4) is 0 Å². The fourth-order valence-corrected chi connectivity index (χ4v) is 11.1. The third kappa shape index (κ3) is 7.51. The minimum atomic E-state index is 0.344. The number of anilines is 6. The summed E-state index contributed by atoms with van der Waals surface area (Å²) in [7, 11) is 0. The standard InChI is InChI=1S/C66H64N2O2/c1-37(2)45-21-27-59(55(31-45)39(5)6)67(63-41(9)15-13-16-42(63)10)51-23-19-47-33-57-53-25-26-54-58-34-48-20-24-52(30-50(48)36-62(58)70-66(54)65(53)69-61(57)35-49(47)29-51)68(64-43(11)17-14-18-44(64)12)60-28-22-46(38(3)4)32-56(60)40(7)8/h13-40H,1-12H3. The zero-order valence-corrected chi connectivity index (χ0v) is 42.9. The summed E-state index contributed by atoms with van der Waals surface area (Å²) in [4.78, 5) is 4.96. The number of rotatable bonds is 10. The van der Waals surface area contributed by atoms with Crippen molar-refractivity contribution in [1.29, 1.82) is 0 Å². The largest absolute Gasteiger partial charge is 0.452 e. The van der Waals surface area contributed by atoms with Crippen molar-refractivity contribution >= 4 is 99.5 Å². The maximum absolute atomic E-state index is 6.91. The van der Waals surface area contributed by atoms with E-state index in [1.54, 1.807) is 0 Å². The van der Waals surface area contributed by atoms with Gasteiger partial charge in [-0.1, -0.05) is 128 Å². The topological polar surface area (TPSA) is 32.8 Å². The number of furan rings is 2. The average molecular weight is 917 g/mol. The first-order chi connectivity index (χ1) is 33.6. The van der Waals surface area contributed by atoms with E-state index in [2.05, 4.69) is 238 Å². The van der Waals surface area contributed by atoms with E-state index in [0.29, 0.717) is 23.7 Å². The van der Waals surface area contributed by atoms with E-state index in [0.717, 1.165) is 76.8 Å². The van der Waals surface area contributed by atoms with Crippen LogP contribution in [0, 0.1) is 27.7 Å². The summed E-state index contributed by atoms with van der Waals surface area (Å²) in [5.74, 6) is 1.58. The van der Waals surface area contributed by atoms with Gasteiger partial charge in [0.05, 0.1) is 11.4 Å². The molecule has 2 heterocycles. The molecule has 0 N–H and O–H groups in total. The quantitative estimate of drug-likeness (QED) is 0.137. The Bertz CT molecular complexity index is 3570. The van der Waals surface area contributed by atoms with Crippen LogP contribution in [0.5, 0.6) is 0 Å². The molecule has 11 aromatic rings. The molecule has 0 amide bonds. The molecule has 4 nitrogen and oxygen atoms in total. The Morgan fingerprint density at radius 1 is 0.343 bits per heavy atom. The first kappa shape index (κ1) is 45.2. The lowest BCUT2D eigenvalue weighted by molar-refractivity contribution is 0.634. The summed E-state index contributed by atoms with van der Waals surface area (Å²) in [5.41, 5.74) is 20.7. The highest BCUT2D eigenvalue weighted by molar-refractivity contribution is 6.21. The van der Waals surface area contributed by atoms with Crippen LogP contribution < -0.4 is 9.80 Å². The molecule has 0 saturated carbocycles. The van der Waals surface area contributed by atoms with Gasteiger partial charge in [-0.3, -0.25) is 0 Å². The van der Waals surface area contributed by atoms with Crippen molar-refractivity contribution in [2.45, 2.75) is 107 Å². The van der Waals surface area contributed by atoms with E-state index in [-0.39, 0.29) is 0 Å². The number of fused-ring (bicyclic) bond motifs is 9. The van der Waals surface area contributed by atoms with Crippen molar-refractivity contribution in [3.63, 3.8) is 0 Å². The summed E-state index contributed by atoms with van der Waals surface area (Å²) in [6, 6.07) is 54.5. The predicted molar refractivity (Wildman–Crippen MR) is 301 cm³/mol. The minimum absolute atomic E-state index is 0.344. The van der Waals surface area contributed by atoms with Gasteiger partial charge in [0.1, 0.15) is 11.2 Å². The molecule has 0 unspecified atom stereocenters. The van der Waals surface area contributed by atoms with Crippen LogP contribution in [0.3, 0.4) is 0 Å². The molecule has 11 rings (SSSR count). The van der Waals surface area contributed by atoms with Crippen LogP contribution in [-0.4, -0.2) is 0 Å². The van der Waals surface area contributed by atoms with E-state index in [1.807, 2.05) is 0 Å². The molecular weight excluding hydrogens is 853 g/mol. The molecule has 0 aliphatic heterocycles. The number of benzene rings is 9. The van der Waals surface area contributed by atoms with Crippen molar-refractivity contribution in [3.05, 3.63) is 190 Å².